The van der Waals surface area contributed by atoms with Crippen molar-refractivity contribution in [1.29, 1.82) is 0 Å². The largest absolute Gasteiger partial charge is 0.367 e. The average molecular weight is 249 g/mol. The molecule has 0 saturated carbocycles. The highest BCUT2D eigenvalue weighted by molar-refractivity contribution is 6.31. The summed E-state index contributed by atoms with van der Waals surface area (Å²) < 4.78 is 43.9. The van der Waals surface area contributed by atoms with Crippen LogP contribution < -0.4 is 5.73 Å². The molecule has 0 bridgehead atoms. The lowest BCUT2D eigenvalue weighted by molar-refractivity contribution is 0.436. The highest BCUT2D eigenvalue weighted by Gasteiger charge is 2.20. The lowest BCUT2D eigenvalue weighted by Crippen LogP contribution is -1.95. The molecule has 0 amide bonds. The Balaban J connectivity index is 2.72. The normalized spacial score (nSPS) is 10.8. The summed E-state index contributed by atoms with van der Waals surface area (Å²) >= 11 is 5.28. The zero-order valence-corrected chi connectivity index (χ0v) is 8.36. The molecular formula is C9H4ClF3N2O. The van der Waals surface area contributed by atoms with E-state index < -0.39 is 22.5 Å². The third-order valence-corrected chi connectivity index (χ3v) is 2.32. The fraction of sp³-hybridized carbons (Fsp3) is 0. The minimum atomic E-state index is -1.45. The van der Waals surface area contributed by atoms with Crippen molar-refractivity contribution in [2.75, 3.05) is 5.73 Å². The summed E-state index contributed by atoms with van der Waals surface area (Å²) in [7, 11) is 0. The maximum atomic E-state index is 13.5. The maximum Gasteiger partial charge on any atom is 0.230 e. The van der Waals surface area contributed by atoms with Gasteiger partial charge in [0, 0.05) is 5.56 Å². The molecule has 1 heterocycles. The van der Waals surface area contributed by atoms with E-state index in [1.54, 1.807) is 0 Å². The summed E-state index contributed by atoms with van der Waals surface area (Å²) in [5.74, 6) is -4.05. The number of nitrogen functional groups attached to an aromatic ring is 1. The zero-order chi connectivity index (χ0) is 11.9. The molecule has 2 N–H and O–H groups in total. The molecule has 0 aliphatic heterocycles. The van der Waals surface area contributed by atoms with Crippen LogP contribution in [0.4, 0.5) is 19.1 Å². The number of hydrogen-bond acceptors (Lipinski definition) is 3. The fourth-order valence-corrected chi connectivity index (χ4v) is 1.41. The van der Waals surface area contributed by atoms with E-state index in [0.717, 1.165) is 6.20 Å². The summed E-state index contributed by atoms with van der Waals surface area (Å²) in [5, 5.41) is 2.36. The van der Waals surface area contributed by atoms with Gasteiger partial charge < -0.3 is 10.3 Å². The second kappa shape index (κ2) is 3.71. The number of rotatable bonds is 1. The van der Waals surface area contributed by atoms with Crippen LogP contribution in [0.2, 0.25) is 5.02 Å². The Hall–Kier alpha value is -1.69. The molecule has 16 heavy (non-hydrogen) atoms. The SMILES string of the molecule is Nc1oncc1-c1cc(F)c(F)c(Cl)c1F. The van der Waals surface area contributed by atoms with E-state index in [1.807, 2.05) is 0 Å². The molecule has 1 aromatic heterocycles. The number of halogens is 4. The first-order valence-corrected chi connectivity index (χ1v) is 4.43. The van der Waals surface area contributed by atoms with Crippen molar-refractivity contribution in [2.24, 2.45) is 0 Å². The number of benzene rings is 1. The smallest absolute Gasteiger partial charge is 0.230 e. The van der Waals surface area contributed by atoms with Gasteiger partial charge in [0.2, 0.25) is 5.88 Å². The van der Waals surface area contributed by atoms with Crippen LogP contribution in [0.5, 0.6) is 0 Å². The Bertz CT molecular complexity index is 556. The van der Waals surface area contributed by atoms with Crippen molar-refractivity contribution >= 4 is 17.5 Å². The summed E-state index contributed by atoms with van der Waals surface area (Å²) in [6.07, 6.45) is 1.08. The number of nitrogens with zero attached hydrogens (tertiary/aromatic N) is 1. The highest BCUT2D eigenvalue weighted by Crippen LogP contribution is 2.33. The molecule has 0 aliphatic carbocycles. The van der Waals surface area contributed by atoms with Gasteiger partial charge in [0.05, 0.1) is 11.8 Å². The number of anilines is 1. The van der Waals surface area contributed by atoms with Gasteiger partial charge in [-0.2, -0.15) is 0 Å². The molecule has 0 aliphatic rings. The van der Waals surface area contributed by atoms with Crippen LogP contribution in [0, 0.1) is 17.5 Å². The highest BCUT2D eigenvalue weighted by atomic mass is 35.5. The van der Waals surface area contributed by atoms with Crippen molar-refractivity contribution in [3.8, 4) is 11.1 Å². The second-order valence-corrected chi connectivity index (χ2v) is 3.33. The van der Waals surface area contributed by atoms with Gasteiger partial charge in [-0.05, 0) is 6.07 Å². The minimum Gasteiger partial charge on any atom is -0.367 e. The first kappa shape index (κ1) is 10.8. The first-order chi connectivity index (χ1) is 7.52. The van der Waals surface area contributed by atoms with E-state index in [1.165, 1.54) is 0 Å². The number of nitrogens with two attached hydrogens (primary N) is 1. The Kier molecular flexibility index (Phi) is 2.51. The Morgan fingerprint density at radius 1 is 1.19 bits per heavy atom. The van der Waals surface area contributed by atoms with E-state index in [0.29, 0.717) is 6.07 Å². The second-order valence-electron chi connectivity index (χ2n) is 2.95. The van der Waals surface area contributed by atoms with Gasteiger partial charge in [-0.3, -0.25) is 0 Å². The molecule has 0 saturated heterocycles. The molecular weight excluding hydrogens is 245 g/mol. The zero-order valence-electron chi connectivity index (χ0n) is 7.60. The lowest BCUT2D eigenvalue weighted by Gasteiger charge is -2.04. The third kappa shape index (κ3) is 1.51. The Labute approximate surface area is 92.6 Å². The van der Waals surface area contributed by atoms with Gasteiger partial charge in [-0.1, -0.05) is 16.8 Å². The van der Waals surface area contributed by atoms with Gasteiger partial charge in [-0.25, -0.2) is 13.2 Å². The Morgan fingerprint density at radius 3 is 2.44 bits per heavy atom. The fourth-order valence-electron chi connectivity index (χ4n) is 1.22. The monoisotopic (exact) mass is 248 g/mol. The topological polar surface area (TPSA) is 52.0 Å². The van der Waals surface area contributed by atoms with Crippen LogP contribution in [0.1, 0.15) is 0 Å². The van der Waals surface area contributed by atoms with Crippen molar-refractivity contribution in [3.05, 3.63) is 34.7 Å². The molecule has 0 unspecified atom stereocenters. The molecule has 0 atom stereocenters. The predicted octanol–water partition coefficient (Wildman–Crippen LogP) is 2.99. The number of hydrogen-bond donors (Lipinski definition) is 1. The molecule has 2 rings (SSSR count). The van der Waals surface area contributed by atoms with Crippen LogP contribution in [0.3, 0.4) is 0 Å². The van der Waals surface area contributed by atoms with Crippen LogP contribution >= 0.6 is 11.6 Å². The third-order valence-electron chi connectivity index (χ3n) is 1.99. The van der Waals surface area contributed by atoms with Gasteiger partial charge >= 0.3 is 0 Å². The van der Waals surface area contributed by atoms with E-state index in [9.17, 15) is 13.2 Å². The van der Waals surface area contributed by atoms with Gasteiger partial charge in [-0.15, -0.1) is 0 Å². The van der Waals surface area contributed by atoms with Crippen molar-refractivity contribution in [3.63, 3.8) is 0 Å². The molecule has 1 aromatic carbocycles. The van der Waals surface area contributed by atoms with Crippen LogP contribution in [-0.2, 0) is 0 Å². The van der Waals surface area contributed by atoms with E-state index in [2.05, 4.69) is 9.68 Å². The molecule has 84 valence electrons. The summed E-state index contributed by atoms with van der Waals surface area (Å²) in [6, 6.07) is 0.638. The summed E-state index contributed by atoms with van der Waals surface area (Å²) in [4.78, 5) is 0. The van der Waals surface area contributed by atoms with Crippen LogP contribution in [0.15, 0.2) is 16.8 Å². The van der Waals surface area contributed by atoms with Gasteiger partial charge in [0.25, 0.3) is 0 Å². The van der Waals surface area contributed by atoms with Crippen LogP contribution in [0.25, 0.3) is 11.1 Å². The minimum absolute atomic E-state index is 0.0123. The number of aromatic nitrogens is 1. The predicted molar refractivity (Wildman–Crippen MR) is 51.2 cm³/mol. The van der Waals surface area contributed by atoms with Gasteiger partial charge in [0.15, 0.2) is 17.5 Å². The Morgan fingerprint density at radius 2 is 1.88 bits per heavy atom. The molecule has 0 fully saturated rings. The van der Waals surface area contributed by atoms with Crippen LogP contribution in [-0.4, -0.2) is 5.16 Å². The van der Waals surface area contributed by atoms with E-state index in [4.69, 9.17) is 17.3 Å². The molecule has 0 radical (unpaired) electrons. The van der Waals surface area contributed by atoms with Gasteiger partial charge in [0.1, 0.15) is 5.02 Å². The summed E-state index contributed by atoms with van der Waals surface area (Å²) in [5.41, 5.74) is 5.03. The molecule has 2 aromatic rings. The molecule has 7 heteroatoms. The summed E-state index contributed by atoms with van der Waals surface area (Å²) in [6.45, 7) is 0. The van der Waals surface area contributed by atoms with E-state index in [-0.39, 0.29) is 17.0 Å². The maximum absolute atomic E-state index is 13.5. The van der Waals surface area contributed by atoms with Crippen molar-refractivity contribution in [2.45, 2.75) is 0 Å². The van der Waals surface area contributed by atoms with Crippen molar-refractivity contribution in [1.82, 2.24) is 5.16 Å². The van der Waals surface area contributed by atoms with E-state index >= 15 is 0 Å². The lowest BCUT2D eigenvalue weighted by atomic mass is 10.1. The molecule has 0 spiro atoms. The quantitative estimate of drug-likeness (QED) is 0.623. The standard InChI is InChI=1S/C9H4ClF3N2O/c10-6-7(12)3(1-5(11)8(6)13)4-2-15-16-9(4)14/h1-2H,14H2. The molecule has 3 nitrogen and oxygen atoms in total. The van der Waals surface area contributed by atoms with Crippen molar-refractivity contribution < 1.29 is 17.7 Å². The average Bonchev–Trinajstić information content (AvgIpc) is 2.67. The first-order valence-electron chi connectivity index (χ1n) is 4.06.